The van der Waals surface area contributed by atoms with Crippen molar-refractivity contribution in [1.29, 1.82) is 0 Å². The molecule has 6 N–H and O–H groups in total. The second-order valence-electron chi connectivity index (χ2n) is 34.9. The van der Waals surface area contributed by atoms with E-state index in [-0.39, 0.29) is 45.3 Å². The zero-order chi connectivity index (χ0) is 74.2. The molecule has 1 aliphatic heterocycles. The molecule has 2 heterocycles. The molecule has 17 heteroatoms. The number of benzene rings is 4. The van der Waals surface area contributed by atoms with Crippen LogP contribution in [0.1, 0.15) is 272 Å². The van der Waals surface area contributed by atoms with Gasteiger partial charge in [-0.1, -0.05) is 40.0 Å². The van der Waals surface area contributed by atoms with Gasteiger partial charge in [-0.3, -0.25) is 33.9 Å². The SMILES string of the molecule is CCOc1cc2c(cc1O)CCC1C2CC[C@]2(C)C(=O)C[C@@H](CCCC(=O)Nc3ccc4cn[nH]c4c3)C12.CCOc1cc2c(cc1O)CC[C@H]1[C@@H]3[C@@H](CCCC(=O)N4CCCCC4)CC(=O)[C@@]3(C)CC[C@H]21.COc1cc2c(cc1O)CCC1C2CC[C@]2(C)C(=O)C[C@H](CCCC(=O)NC3CCCCC3)C12. The summed E-state index contributed by atoms with van der Waals surface area (Å²) in [6.07, 6.45) is 32.2. The van der Waals surface area contributed by atoms with E-state index in [0.717, 1.165) is 171 Å². The van der Waals surface area contributed by atoms with E-state index in [4.69, 9.17) is 14.2 Å². The number of aromatic hydroxyl groups is 3. The number of aromatic amines is 1. The van der Waals surface area contributed by atoms with Crippen molar-refractivity contribution >= 4 is 51.7 Å². The first-order valence-electron chi connectivity index (χ1n) is 41.5. The maximum absolute atomic E-state index is 13.3. The molecule has 572 valence electrons. The predicted octanol–water partition coefficient (Wildman–Crippen LogP) is 17.4. The molecule has 0 spiro atoms. The summed E-state index contributed by atoms with van der Waals surface area (Å²) in [6, 6.07) is 18.0. The number of phenols is 3. The maximum Gasteiger partial charge on any atom is 0.224 e. The number of phenolic OH excluding ortho intramolecular Hbond substituents is 3. The molecule has 0 bridgehead atoms. The molecule has 17 nitrogen and oxygen atoms in total. The topological polar surface area (TPSA) is 247 Å². The number of likely N-dealkylation sites (tertiary alicyclic amines) is 1. The number of nitrogens with one attached hydrogen (secondary N) is 3. The molecule has 8 fully saturated rings. The number of nitrogens with zero attached hydrogens (tertiary/aromatic N) is 2. The molecule has 5 aromatic rings. The summed E-state index contributed by atoms with van der Waals surface area (Å²) in [6.45, 7) is 13.4. The molecule has 1 saturated heterocycles. The smallest absolute Gasteiger partial charge is 0.224 e. The van der Waals surface area contributed by atoms with Gasteiger partial charge in [0.25, 0.3) is 0 Å². The minimum Gasteiger partial charge on any atom is -0.504 e. The second-order valence-corrected chi connectivity index (χ2v) is 34.9. The fourth-order valence-electron chi connectivity index (χ4n) is 24.1. The van der Waals surface area contributed by atoms with Crippen molar-refractivity contribution in [1.82, 2.24) is 20.4 Å². The van der Waals surface area contributed by atoms with Crippen molar-refractivity contribution < 1.29 is 58.3 Å². The average molecular weight is 1450 g/mol. The van der Waals surface area contributed by atoms with E-state index < -0.39 is 0 Å². The van der Waals surface area contributed by atoms with Crippen LogP contribution in [-0.2, 0) is 48.0 Å². The van der Waals surface area contributed by atoms with Gasteiger partial charge in [-0.2, -0.15) is 5.10 Å². The lowest BCUT2D eigenvalue weighted by atomic mass is 9.54. The van der Waals surface area contributed by atoms with Crippen LogP contribution in [0.2, 0.25) is 0 Å². The van der Waals surface area contributed by atoms with Crippen LogP contribution >= 0.6 is 0 Å². The first-order valence-corrected chi connectivity index (χ1v) is 41.5. The minimum absolute atomic E-state index is 0.00678. The fraction of sp³-hybridized carbons (Fsp3) is 0.652. The van der Waals surface area contributed by atoms with Crippen LogP contribution in [0.15, 0.2) is 60.8 Å². The molecule has 7 saturated carbocycles. The molecule has 3 amide bonds. The fourth-order valence-corrected chi connectivity index (χ4v) is 24.1. The number of hydrogen-bond acceptors (Lipinski definition) is 13. The molecular weight excluding hydrogens is 1330 g/mol. The largest absolute Gasteiger partial charge is 0.504 e. The van der Waals surface area contributed by atoms with Crippen molar-refractivity contribution in [2.75, 3.05) is 38.7 Å². The number of amides is 3. The molecule has 16 rings (SSSR count). The summed E-state index contributed by atoms with van der Waals surface area (Å²) in [5.41, 5.74) is 8.65. The summed E-state index contributed by atoms with van der Waals surface area (Å²) >= 11 is 0. The number of methoxy groups -OCH3 is 1. The molecule has 4 aromatic carbocycles. The van der Waals surface area contributed by atoms with E-state index in [0.29, 0.717) is 169 Å². The van der Waals surface area contributed by atoms with Gasteiger partial charge in [-0.25, -0.2) is 0 Å². The molecule has 6 unspecified atom stereocenters. The van der Waals surface area contributed by atoms with Crippen LogP contribution in [-0.4, -0.2) is 105 Å². The number of fused-ring (bicyclic) bond motifs is 16. The number of H-pyrrole nitrogens is 1. The lowest BCUT2D eigenvalue weighted by molar-refractivity contribution is -0.132. The van der Waals surface area contributed by atoms with Crippen LogP contribution in [0.3, 0.4) is 0 Å². The number of Topliss-reactive ketones (excluding diaryl/α,β-unsaturated/α-hetero) is 3. The Bertz CT molecular complexity index is 4060. The van der Waals surface area contributed by atoms with Gasteiger partial charge in [0.2, 0.25) is 17.7 Å². The summed E-state index contributed by atoms with van der Waals surface area (Å²) in [5, 5.41) is 45.3. The van der Waals surface area contributed by atoms with Crippen LogP contribution in [0, 0.1) is 69.5 Å². The van der Waals surface area contributed by atoms with Crippen molar-refractivity contribution in [2.24, 2.45) is 69.5 Å². The van der Waals surface area contributed by atoms with Crippen LogP contribution in [0.25, 0.3) is 10.9 Å². The third kappa shape index (κ3) is 15.0. The summed E-state index contributed by atoms with van der Waals surface area (Å²) in [4.78, 5) is 79.8. The average Bonchev–Trinajstić information content (AvgIpc) is 1.52. The van der Waals surface area contributed by atoms with Crippen molar-refractivity contribution in [3.63, 3.8) is 0 Å². The molecule has 10 aliphatic carbocycles. The van der Waals surface area contributed by atoms with E-state index in [1.165, 1.54) is 59.1 Å². The number of rotatable bonds is 19. The molecular formula is C89H119N5O12. The van der Waals surface area contributed by atoms with Crippen molar-refractivity contribution in [3.8, 4) is 34.5 Å². The zero-order valence-corrected chi connectivity index (χ0v) is 64.1. The highest BCUT2D eigenvalue weighted by Crippen LogP contribution is 2.66. The van der Waals surface area contributed by atoms with Crippen molar-refractivity contribution in [2.45, 2.75) is 264 Å². The molecule has 11 aliphatic rings. The monoisotopic (exact) mass is 1450 g/mol. The van der Waals surface area contributed by atoms with E-state index in [1.54, 1.807) is 13.3 Å². The van der Waals surface area contributed by atoms with E-state index in [2.05, 4.69) is 53.7 Å². The third-order valence-electron chi connectivity index (χ3n) is 29.1. The highest BCUT2D eigenvalue weighted by atomic mass is 16.5. The summed E-state index contributed by atoms with van der Waals surface area (Å²) in [7, 11) is 1.61. The Kier molecular flexibility index (Phi) is 22.8. The number of piperidine rings is 1. The van der Waals surface area contributed by atoms with Gasteiger partial charge in [0.15, 0.2) is 34.5 Å². The summed E-state index contributed by atoms with van der Waals surface area (Å²) in [5.74, 6) is 9.16. The highest BCUT2D eigenvalue weighted by molar-refractivity contribution is 5.94. The molecule has 15 atom stereocenters. The Morgan fingerprint density at radius 3 is 1.43 bits per heavy atom. The van der Waals surface area contributed by atoms with Gasteiger partial charge in [-0.05, 0) is 321 Å². The summed E-state index contributed by atoms with van der Waals surface area (Å²) < 4.78 is 16.9. The number of aryl methyl sites for hydroxylation is 3. The van der Waals surface area contributed by atoms with E-state index in [9.17, 15) is 44.1 Å². The van der Waals surface area contributed by atoms with Gasteiger partial charge in [0, 0.05) is 85.0 Å². The normalized spacial score (nSPS) is 31.1. The minimum atomic E-state index is -0.259. The number of ketones is 3. The van der Waals surface area contributed by atoms with Gasteiger partial charge >= 0.3 is 0 Å². The zero-order valence-electron chi connectivity index (χ0n) is 64.1. The first-order chi connectivity index (χ1) is 51.2. The number of hydrogen-bond donors (Lipinski definition) is 6. The van der Waals surface area contributed by atoms with E-state index in [1.807, 2.05) is 61.2 Å². The molecule has 0 radical (unpaired) electrons. The van der Waals surface area contributed by atoms with Crippen LogP contribution in [0.5, 0.6) is 34.5 Å². The number of ether oxygens (including phenoxy) is 3. The number of aromatic nitrogens is 2. The third-order valence-corrected chi connectivity index (χ3v) is 29.1. The Morgan fingerprint density at radius 1 is 0.538 bits per heavy atom. The van der Waals surface area contributed by atoms with Gasteiger partial charge in [-0.15, -0.1) is 0 Å². The van der Waals surface area contributed by atoms with Gasteiger partial charge < -0.3 is 45.1 Å². The van der Waals surface area contributed by atoms with Crippen LogP contribution < -0.4 is 24.8 Å². The quantitative estimate of drug-likeness (QED) is 0.0451. The van der Waals surface area contributed by atoms with E-state index >= 15 is 0 Å². The first kappa shape index (κ1) is 75.4. The predicted molar refractivity (Wildman–Crippen MR) is 410 cm³/mol. The Hall–Kier alpha value is -7.43. The number of anilines is 1. The number of carbonyl (C=O) groups is 6. The Balaban J connectivity index is 0.000000134. The van der Waals surface area contributed by atoms with Gasteiger partial charge in [0.05, 0.1) is 32.0 Å². The van der Waals surface area contributed by atoms with Crippen LogP contribution in [0.4, 0.5) is 5.69 Å². The molecule has 1 aromatic heterocycles. The maximum atomic E-state index is 13.3. The van der Waals surface area contributed by atoms with Crippen molar-refractivity contribution in [3.05, 3.63) is 94.2 Å². The molecule has 106 heavy (non-hydrogen) atoms. The standard InChI is InChI=1S/C31H37N3O4.2C29H41NO4/c1-3-38-27-16-24-18(13-26(27)35)8-10-23-22(24)11-12-31(2)28(36)14-19(30(23)31)5-4-6-29(37)33-21-9-7-20-17-32-34-25(20)15-21;1-29-14-13-21-22(12-11-18-15-24(31)25(34-2)17-23(18)21)28(29)19(16-26(29)32)7-6-10-27(33)30-20-8-4-3-5-9-20;1-3-34-25-18-23-19(16-24(25)31)10-11-22-21(23)12-13-29(2)26(32)17-20(28(22)29)8-7-9-27(33)30-14-5-4-6-15-30/h7,9,13,15-17,19,22-23,30,35H,3-6,8,10-12,14H2,1-2H3,(H,32,34)(H,33,37);15,17,19-22,28,31H,3-14,16H2,1-2H3,(H,30,33);16,18,20-22,28,31H,3-15,17H2,1-2H3/t19-,22?,23?,30?,31-;19-,21?,22?,28?,29+;20-,21-,22+,28-,29+/m100/s1. The highest BCUT2D eigenvalue weighted by Gasteiger charge is 2.61. The lowest BCUT2D eigenvalue weighted by Crippen LogP contribution is -2.44. The lowest BCUT2D eigenvalue weighted by Gasteiger charge is -2.50. The van der Waals surface area contributed by atoms with Gasteiger partial charge in [0.1, 0.15) is 17.3 Å². The Labute approximate surface area is 628 Å². The number of carbonyl (C=O) groups excluding carboxylic acids is 6. The Morgan fingerprint density at radius 2 is 0.972 bits per heavy atom. The second kappa shape index (κ2) is 32.0.